The number of rotatable bonds is 0. The molecule has 7 aliphatic rings. The second-order valence-electron chi connectivity index (χ2n) is 9.09. The van der Waals surface area contributed by atoms with Crippen molar-refractivity contribution in [2.75, 3.05) is 18.4 Å². The molecule has 118 valence electrons. The van der Waals surface area contributed by atoms with Gasteiger partial charge in [0.1, 0.15) is 5.78 Å². The zero-order valence-electron chi connectivity index (χ0n) is 13.3. The molecular weight excluding hydrogens is 284 g/mol. The van der Waals surface area contributed by atoms with Gasteiger partial charge < -0.3 is 5.32 Å². The molecule has 1 aromatic rings. The van der Waals surface area contributed by atoms with Gasteiger partial charge in [0.2, 0.25) is 0 Å². The Morgan fingerprint density at radius 2 is 2.04 bits per heavy atom. The number of hydrogen-bond acceptors (Lipinski definition) is 3. The van der Waals surface area contributed by atoms with Crippen LogP contribution in [0.4, 0.5) is 5.69 Å². The van der Waals surface area contributed by atoms with Crippen LogP contribution >= 0.6 is 0 Å². The van der Waals surface area contributed by atoms with Gasteiger partial charge in [-0.3, -0.25) is 9.69 Å². The summed E-state index contributed by atoms with van der Waals surface area (Å²) in [5.74, 6) is 1.11. The van der Waals surface area contributed by atoms with E-state index in [1.165, 1.54) is 43.5 Å². The molecule has 0 amide bonds. The van der Waals surface area contributed by atoms with Gasteiger partial charge in [0.15, 0.2) is 0 Å². The second-order valence-corrected chi connectivity index (χ2v) is 9.09. The molecule has 23 heavy (non-hydrogen) atoms. The Morgan fingerprint density at radius 3 is 3.00 bits per heavy atom. The first-order valence-corrected chi connectivity index (χ1v) is 9.38. The highest BCUT2D eigenvalue weighted by atomic mass is 16.1. The van der Waals surface area contributed by atoms with Crippen LogP contribution in [0.3, 0.4) is 0 Å². The molecule has 0 aromatic heterocycles. The van der Waals surface area contributed by atoms with Crippen LogP contribution in [0.5, 0.6) is 0 Å². The molecule has 3 heterocycles. The molecule has 2 saturated heterocycles. The van der Waals surface area contributed by atoms with Crippen LogP contribution in [0.2, 0.25) is 0 Å². The monoisotopic (exact) mass is 306 g/mol. The summed E-state index contributed by atoms with van der Waals surface area (Å²) in [7, 11) is 0. The Kier molecular flexibility index (Phi) is 1.70. The quantitative estimate of drug-likeness (QED) is 0.799. The van der Waals surface area contributed by atoms with E-state index in [0.29, 0.717) is 17.2 Å². The summed E-state index contributed by atoms with van der Waals surface area (Å²) in [6.07, 6.45) is 6.38. The number of fused-ring (bicyclic) bond motifs is 2. The molecule has 1 N–H and O–H groups in total. The van der Waals surface area contributed by atoms with Crippen molar-refractivity contribution in [3.63, 3.8) is 0 Å². The summed E-state index contributed by atoms with van der Waals surface area (Å²) < 4.78 is 0. The number of hydrogen-bond donors (Lipinski definition) is 1. The number of carbonyl (C=O) groups is 1. The fourth-order valence-electron chi connectivity index (χ4n) is 8.57. The molecule has 3 heteroatoms. The molecule has 4 saturated carbocycles. The standard InChI is InChI=1S/C20H22N2O/c23-16-13-10-18-6-3-9-22-11-14(16)20(17(18)22)12-4-1-2-5-15(12)21-19(13,20)8-7-18/h1-2,4-5,13-14,17,21H,3,6-11H2/t13?,14?,17-,18+,19+,20-/m0/s1. The lowest BCUT2D eigenvalue weighted by molar-refractivity contribution is -0.136. The first-order chi connectivity index (χ1) is 11.2. The van der Waals surface area contributed by atoms with Gasteiger partial charge in [0.05, 0.1) is 5.54 Å². The zero-order valence-corrected chi connectivity index (χ0v) is 13.3. The molecule has 8 rings (SSSR count). The third-order valence-electron chi connectivity index (χ3n) is 8.84. The normalized spacial score (nSPS) is 54.1. The number of ketones is 1. The minimum absolute atomic E-state index is 0.0386. The van der Waals surface area contributed by atoms with Gasteiger partial charge in [0.25, 0.3) is 0 Å². The SMILES string of the molecule is O=C1C2CN3CCC[C@]45CC[C@@]6(Nc7ccccc7[C@@]26[C@@H]34)C1C5. The molecule has 6 fully saturated rings. The lowest BCUT2D eigenvalue weighted by Crippen LogP contribution is -2.74. The minimum Gasteiger partial charge on any atom is -0.378 e. The Labute approximate surface area is 136 Å². The van der Waals surface area contributed by atoms with E-state index in [0.717, 1.165) is 13.0 Å². The van der Waals surface area contributed by atoms with E-state index in [2.05, 4.69) is 34.5 Å². The number of nitrogens with zero attached hydrogens (tertiary/aromatic N) is 1. The molecule has 2 unspecified atom stereocenters. The van der Waals surface area contributed by atoms with Gasteiger partial charge >= 0.3 is 0 Å². The second kappa shape index (κ2) is 3.23. The highest BCUT2D eigenvalue weighted by molar-refractivity contribution is 5.96. The molecular formula is C20H22N2O. The summed E-state index contributed by atoms with van der Waals surface area (Å²) in [5.41, 5.74) is 3.36. The summed E-state index contributed by atoms with van der Waals surface area (Å²) in [6.45, 7) is 2.24. The van der Waals surface area contributed by atoms with Crippen LogP contribution in [-0.2, 0) is 10.2 Å². The smallest absolute Gasteiger partial charge is 0.143 e. The van der Waals surface area contributed by atoms with Crippen molar-refractivity contribution in [1.29, 1.82) is 0 Å². The highest BCUT2D eigenvalue weighted by Gasteiger charge is 2.86. The minimum atomic E-state index is 0.0386. The van der Waals surface area contributed by atoms with Gasteiger partial charge in [-0.1, -0.05) is 18.2 Å². The van der Waals surface area contributed by atoms with E-state index in [1.54, 1.807) is 0 Å². The molecule has 3 nitrogen and oxygen atoms in total. The molecule has 4 aliphatic carbocycles. The van der Waals surface area contributed by atoms with Crippen molar-refractivity contribution in [2.24, 2.45) is 17.3 Å². The lowest BCUT2D eigenvalue weighted by atomic mass is 9.41. The number of Topliss-reactive ketones (excluding diaryl/α,β-unsaturated/α-hetero) is 1. The Balaban J connectivity index is 1.64. The predicted octanol–water partition coefficient (Wildman–Crippen LogP) is 2.57. The number of para-hydroxylation sites is 1. The molecule has 3 aliphatic heterocycles. The molecule has 4 bridgehead atoms. The summed E-state index contributed by atoms with van der Waals surface area (Å²) in [4.78, 5) is 16.1. The Hall–Kier alpha value is -1.35. The fraction of sp³-hybridized carbons (Fsp3) is 0.650. The van der Waals surface area contributed by atoms with E-state index in [4.69, 9.17) is 0 Å². The molecule has 1 aromatic carbocycles. The van der Waals surface area contributed by atoms with Gasteiger partial charge in [0, 0.05) is 35.5 Å². The van der Waals surface area contributed by atoms with E-state index >= 15 is 0 Å². The third kappa shape index (κ3) is 0.914. The maximum absolute atomic E-state index is 13.4. The fourth-order valence-corrected chi connectivity index (χ4v) is 8.57. The first kappa shape index (κ1) is 12.1. The van der Waals surface area contributed by atoms with Crippen molar-refractivity contribution < 1.29 is 4.79 Å². The summed E-state index contributed by atoms with van der Waals surface area (Å²) in [5, 5.41) is 3.96. The van der Waals surface area contributed by atoms with Crippen LogP contribution < -0.4 is 5.32 Å². The first-order valence-electron chi connectivity index (χ1n) is 9.38. The van der Waals surface area contributed by atoms with Crippen molar-refractivity contribution in [3.05, 3.63) is 29.8 Å². The number of carbonyl (C=O) groups excluding carboxylic acids is 1. The lowest BCUT2D eigenvalue weighted by Gasteiger charge is -2.67. The number of anilines is 1. The van der Waals surface area contributed by atoms with E-state index in [1.807, 2.05) is 0 Å². The van der Waals surface area contributed by atoms with Crippen LogP contribution in [0, 0.1) is 17.3 Å². The highest BCUT2D eigenvalue weighted by Crippen LogP contribution is 2.79. The van der Waals surface area contributed by atoms with Crippen LogP contribution in [0.15, 0.2) is 24.3 Å². The zero-order chi connectivity index (χ0) is 15.0. The maximum Gasteiger partial charge on any atom is 0.143 e. The third-order valence-corrected chi connectivity index (χ3v) is 8.84. The molecule has 3 spiro atoms. The van der Waals surface area contributed by atoms with Crippen molar-refractivity contribution in [1.82, 2.24) is 4.90 Å². The predicted molar refractivity (Wildman–Crippen MR) is 87.3 cm³/mol. The average Bonchev–Trinajstić information content (AvgIpc) is 3.13. The topological polar surface area (TPSA) is 32.3 Å². The van der Waals surface area contributed by atoms with E-state index < -0.39 is 0 Å². The van der Waals surface area contributed by atoms with E-state index in [9.17, 15) is 4.79 Å². The van der Waals surface area contributed by atoms with Crippen molar-refractivity contribution in [3.8, 4) is 0 Å². The number of nitrogens with one attached hydrogen (secondary N) is 1. The van der Waals surface area contributed by atoms with Gasteiger partial charge in [-0.2, -0.15) is 0 Å². The summed E-state index contributed by atoms with van der Waals surface area (Å²) >= 11 is 0. The van der Waals surface area contributed by atoms with Crippen molar-refractivity contribution in [2.45, 2.75) is 49.1 Å². The van der Waals surface area contributed by atoms with Gasteiger partial charge in [-0.05, 0) is 55.7 Å². The maximum atomic E-state index is 13.4. The van der Waals surface area contributed by atoms with Crippen LogP contribution in [0.25, 0.3) is 0 Å². The summed E-state index contributed by atoms with van der Waals surface area (Å²) in [6, 6.07) is 9.55. The van der Waals surface area contributed by atoms with Crippen molar-refractivity contribution >= 4 is 11.5 Å². The molecule has 0 radical (unpaired) electrons. The van der Waals surface area contributed by atoms with Crippen LogP contribution in [0.1, 0.15) is 37.7 Å². The Morgan fingerprint density at radius 1 is 1.13 bits per heavy atom. The largest absolute Gasteiger partial charge is 0.378 e. The van der Waals surface area contributed by atoms with E-state index in [-0.39, 0.29) is 22.8 Å². The Bertz CT molecular complexity index is 790. The number of piperidine rings is 1. The number of benzene rings is 1. The van der Waals surface area contributed by atoms with Gasteiger partial charge in [-0.15, -0.1) is 0 Å². The van der Waals surface area contributed by atoms with Gasteiger partial charge in [-0.25, -0.2) is 0 Å². The van der Waals surface area contributed by atoms with Crippen LogP contribution in [-0.4, -0.2) is 35.4 Å². The average molecular weight is 306 g/mol. The molecule has 6 atom stereocenters.